The van der Waals surface area contributed by atoms with Crippen molar-refractivity contribution in [2.45, 2.75) is 32.8 Å². The van der Waals surface area contributed by atoms with Crippen LogP contribution in [0.25, 0.3) is 0 Å². The van der Waals surface area contributed by atoms with Gasteiger partial charge in [-0.1, -0.05) is 43.7 Å². The number of unbranched alkanes of at least 4 members (excludes halogenated alkanes) is 1. The lowest BCUT2D eigenvalue weighted by atomic mass is 10.2. The highest BCUT2D eigenvalue weighted by Gasteiger charge is 2.09. The van der Waals surface area contributed by atoms with Crippen molar-refractivity contribution in [2.24, 2.45) is 0 Å². The molecule has 0 atom stereocenters. The van der Waals surface area contributed by atoms with E-state index in [1.165, 1.54) is 0 Å². The Balaban J connectivity index is 2.15. The Kier molecular flexibility index (Phi) is 6.72. The Hall–Kier alpha value is -1.68. The molecule has 0 saturated carbocycles. The first-order valence-electron chi connectivity index (χ1n) is 6.07. The van der Waals surface area contributed by atoms with E-state index < -0.39 is 11.9 Å². The third-order valence-electron chi connectivity index (χ3n) is 2.29. The molecule has 0 spiro atoms. The molecule has 0 bridgehead atoms. The van der Waals surface area contributed by atoms with E-state index in [1.54, 1.807) is 0 Å². The van der Waals surface area contributed by atoms with Crippen molar-refractivity contribution >= 4 is 11.9 Å². The van der Waals surface area contributed by atoms with Crippen molar-refractivity contribution in [2.75, 3.05) is 6.61 Å². The van der Waals surface area contributed by atoms with E-state index in [0.717, 1.165) is 18.4 Å². The normalized spacial score (nSPS) is 10.1. The molecular formula is C14H18O4. The third kappa shape index (κ3) is 6.15. The molecule has 0 aromatic heterocycles. The number of hydrogen-bond donors (Lipinski definition) is 0. The van der Waals surface area contributed by atoms with Gasteiger partial charge in [-0.3, -0.25) is 4.79 Å². The number of carbonyl (C=O) groups excluding carboxylic acids is 2. The molecule has 0 saturated heterocycles. The second-order valence-corrected chi connectivity index (χ2v) is 3.93. The first-order valence-corrected chi connectivity index (χ1v) is 6.07. The quantitative estimate of drug-likeness (QED) is 0.551. The summed E-state index contributed by atoms with van der Waals surface area (Å²) in [6.45, 7) is 2.10. The van der Waals surface area contributed by atoms with Crippen molar-refractivity contribution < 1.29 is 19.1 Å². The molecular weight excluding hydrogens is 232 g/mol. The van der Waals surface area contributed by atoms with Crippen molar-refractivity contribution in [1.82, 2.24) is 0 Å². The minimum atomic E-state index is -0.632. The Labute approximate surface area is 107 Å². The van der Waals surface area contributed by atoms with Crippen LogP contribution >= 0.6 is 0 Å². The minimum absolute atomic E-state index is 0.202. The summed E-state index contributed by atoms with van der Waals surface area (Å²) in [7, 11) is 0. The molecule has 1 rings (SSSR count). The third-order valence-corrected chi connectivity index (χ3v) is 2.29. The standard InChI is InChI=1S/C14H18O4/c1-2-3-9-13(15)18-14(16)11-17-10-12-7-5-4-6-8-12/h4-8H,2-3,9-11H2,1H3. The summed E-state index contributed by atoms with van der Waals surface area (Å²) in [6, 6.07) is 9.50. The number of benzene rings is 1. The second-order valence-electron chi connectivity index (χ2n) is 3.93. The Morgan fingerprint density at radius 3 is 2.50 bits per heavy atom. The maximum absolute atomic E-state index is 11.2. The predicted molar refractivity (Wildman–Crippen MR) is 66.7 cm³/mol. The van der Waals surface area contributed by atoms with E-state index in [9.17, 15) is 9.59 Å². The van der Waals surface area contributed by atoms with Gasteiger partial charge in [-0.2, -0.15) is 0 Å². The van der Waals surface area contributed by atoms with Gasteiger partial charge < -0.3 is 9.47 Å². The summed E-state index contributed by atoms with van der Waals surface area (Å²) in [5.74, 6) is -1.11. The Morgan fingerprint density at radius 2 is 1.83 bits per heavy atom. The number of rotatable bonds is 7. The fourth-order valence-electron chi connectivity index (χ4n) is 1.36. The van der Waals surface area contributed by atoms with Crippen molar-refractivity contribution in [3.8, 4) is 0 Å². The van der Waals surface area contributed by atoms with Crippen LogP contribution in [0, 0.1) is 0 Å². The van der Waals surface area contributed by atoms with E-state index in [0.29, 0.717) is 6.61 Å². The molecule has 0 fully saturated rings. The zero-order chi connectivity index (χ0) is 13.2. The summed E-state index contributed by atoms with van der Waals surface area (Å²) >= 11 is 0. The lowest BCUT2D eigenvalue weighted by molar-refractivity contribution is -0.163. The van der Waals surface area contributed by atoms with Gasteiger partial charge in [-0.15, -0.1) is 0 Å². The minimum Gasteiger partial charge on any atom is -0.391 e. The van der Waals surface area contributed by atoms with Crippen LogP contribution in [0.1, 0.15) is 31.7 Å². The molecule has 4 heteroatoms. The summed E-state index contributed by atoms with van der Waals surface area (Å²) in [6.07, 6.45) is 1.91. The van der Waals surface area contributed by atoms with Gasteiger partial charge in [0.1, 0.15) is 6.61 Å². The highest BCUT2D eigenvalue weighted by Crippen LogP contribution is 2.01. The van der Waals surface area contributed by atoms with Crippen LogP contribution in [0.3, 0.4) is 0 Å². The fourth-order valence-corrected chi connectivity index (χ4v) is 1.36. The van der Waals surface area contributed by atoms with Crippen molar-refractivity contribution in [3.63, 3.8) is 0 Å². The van der Waals surface area contributed by atoms with Crippen LogP contribution < -0.4 is 0 Å². The van der Waals surface area contributed by atoms with Gasteiger partial charge in [0, 0.05) is 6.42 Å². The van der Waals surface area contributed by atoms with Gasteiger partial charge >= 0.3 is 11.9 Å². The van der Waals surface area contributed by atoms with Crippen LogP contribution in [0.5, 0.6) is 0 Å². The summed E-state index contributed by atoms with van der Waals surface area (Å²) in [5.41, 5.74) is 0.975. The molecule has 0 amide bonds. The summed E-state index contributed by atoms with van der Waals surface area (Å²) in [5, 5.41) is 0. The molecule has 0 aliphatic heterocycles. The van der Waals surface area contributed by atoms with E-state index in [1.807, 2.05) is 37.3 Å². The fraction of sp³-hybridized carbons (Fsp3) is 0.429. The van der Waals surface area contributed by atoms with Gasteiger partial charge in [0.25, 0.3) is 0 Å². The van der Waals surface area contributed by atoms with E-state index in [-0.39, 0.29) is 13.0 Å². The number of hydrogen-bond acceptors (Lipinski definition) is 4. The van der Waals surface area contributed by atoms with Crippen LogP contribution in [-0.2, 0) is 25.7 Å². The lowest BCUT2D eigenvalue weighted by Gasteiger charge is -2.04. The highest BCUT2D eigenvalue weighted by molar-refractivity contribution is 5.85. The zero-order valence-corrected chi connectivity index (χ0v) is 10.6. The topological polar surface area (TPSA) is 52.6 Å². The number of carbonyl (C=O) groups is 2. The molecule has 0 unspecified atom stereocenters. The van der Waals surface area contributed by atoms with Crippen molar-refractivity contribution in [1.29, 1.82) is 0 Å². The molecule has 0 heterocycles. The molecule has 1 aromatic carbocycles. The van der Waals surface area contributed by atoms with Gasteiger partial charge in [0.05, 0.1) is 6.61 Å². The zero-order valence-electron chi connectivity index (χ0n) is 10.6. The van der Waals surface area contributed by atoms with Crippen LogP contribution in [-0.4, -0.2) is 18.5 Å². The maximum Gasteiger partial charge on any atom is 0.339 e. The second kappa shape index (κ2) is 8.42. The monoisotopic (exact) mass is 250 g/mol. The first-order chi connectivity index (χ1) is 8.72. The average molecular weight is 250 g/mol. The van der Waals surface area contributed by atoms with Crippen molar-refractivity contribution in [3.05, 3.63) is 35.9 Å². The van der Waals surface area contributed by atoms with Gasteiger partial charge in [-0.05, 0) is 12.0 Å². The first kappa shape index (κ1) is 14.4. The lowest BCUT2D eigenvalue weighted by Crippen LogP contribution is -2.17. The average Bonchev–Trinajstić information content (AvgIpc) is 2.37. The van der Waals surface area contributed by atoms with Gasteiger partial charge in [-0.25, -0.2) is 4.79 Å². The molecule has 0 aliphatic rings. The summed E-state index contributed by atoms with van der Waals surface area (Å²) in [4.78, 5) is 22.4. The van der Waals surface area contributed by atoms with E-state index in [2.05, 4.69) is 4.74 Å². The van der Waals surface area contributed by atoms with Crippen LogP contribution in [0.15, 0.2) is 30.3 Å². The van der Waals surface area contributed by atoms with E-state index >= 15 is 0 Å². The van der Waals surface area contributed by atoms with Crippen LogP contribution in [0.4, 0.5) is 0 Å². The molecule has 98 valence electrons. The number of ether oxygens (including phenoxy) is 2. The molecule has 1 aromatic rings. The number of esters is 2. The highest BCUT2D eigenvalue weighted by atomic mass is 16.6. The van der Waals surface area contributed by atoms with E-state index in [4.69, 9.17) is 4.74 Å². The van der Waals surface area contributed by atoms with Gasteiger partial charge in [0.15, 0.2) is 0 Å². The molecule has 18 heavy (non-hydrogen) atoms. The smallest absolute Gasteiger partial charge is 0.339 e. The maximum atomic E-state index is 11.2. The summed E-state index contributed by atoms with van der Waals surface area (Å²) < 4.78 is 9.75. The van der Waals surface area contributed by atoms with Gasteiger partial charge in [0.2, 0.25) is 0 Å². The SMILES string of the molecule is CCCCC(=O)OC(=O)COCc1ccccc1. The molecule has 0 N–H and O–H groups in total. The molecule has 4 nitrogen and oxygen atoms in total. The Morgan fingerprint density at radius 1 is 1.11 bits per heavy atom. The predicted octanol–water partition coefficient (Wildman–Crippen LogP) is 2.46. The molecule has 0 aliphatic carbocycles. The molecule has 0 radical (unpaired) electrons. The largest absolute Gasteiger partial charge is 0.391 e. The Bertz CT molecular complexity index is 373. The van der Waals surface area contributed by atoms with Crippen LogP contribution in [0.2, 0.25) is 0 Å².